The molecule has 166 valence electrons. The molecule has 1 N–H and O–H groups in total. The molecule has 1 aliphatic heterocycles. The standard InChI is InChI=1S/C26H22ClFN4O/c1-15-5-3-8-22(28)23(15)25-21-11-17(27)9-10-20(21)24-16(13-29-25)14-30-26(32-24)31-18-6-4-7-19(12-18)33-2/h3-12,14-15,23H,13H2,1-2H3,(H,30,31,32). The number of allylic oxidation sites excluding steroid dienone is 4. The van der Waals surface area contributed by atoms with Crippen molar-refractivity contribution < 1.29 is 9.13 Å². The first-order chi connectivity index (χ1) is 16.0. The number of halogens is 2. The van der Waals surface area contributed by atoms with Gasteiger partial charge in [-0.05, 0) is 36.3 Å². The second-order valence-electron chi connectivity index (χ2n) is 8.09. The van der Waals surface area contributed by atoms with Crippen LogP contribution < -0.4 is 10.1 Å². The second kappa shape index (κ2) is 8.79. The lowest BCUT2D eigenvalue weighted by atomic mass is 9.81. The molecule has 1 aromatic heterocycles. The molecule has 0 spiro atoms. The molecule has 0 saturated heterocycles. The molecule has 33 heavy (non-hydrogen) atoms. The van der Waals surface area contributed by atoms with Crippen LogP contribution in [0.4, 0.5) is 16.0 Å². The Kier molecular flexibility index (Phi) is 5.68. The molecule has 1 aliphatic carbocycles. The van der Waals surface area contributed by atoms with Crippen LogP contribution in [-0.2, 0) is 6.54 Å². The average Bonchev–Trinajstić information content (AvgIpc) is 2.96. The smallest absolute Gasteiger partial charge is 0.227 e. The maximum atomic E-state index is 15.0. The van der Waals surface area contributed by atoms with Crippen molar-refractivity contribution >= 4 is 28.9 Å². The van der Waals surface area contributed by atoms with Crippen molar-refractivity contribution in [2.45, 2.75) is 13.5 Å². The van der Waals surface area contributed by atoms with Crippen molar-refractivity contribution in [1.82, 2.24) is 9.97 Å². The van der Waals surface area contributed by atoms with E-state index >= 15 is 0 Å². The van der Waals surface area contributed by atoms with E-state index in [-0.39, 0.29) is 11.7 Å². The summed E-state index contributed by atoms with van der Waals surface area (Å²) >= 11 is 6.37. The molecular formula is C26H22ClFN4O. The van der Waals surface area contributed by atoms with Crippen molar-refractivity contribution in [1.29, 1.82) is 0 Å². The number of benzene rings is 2. The Morgan fingerprint density at radius 1 is 1.15 bits per heavy atom. The van der Waals surface area contributed by atoms with E-state index in [1.54, 1.807) is 19.4 Å². The van der Waals surface area contributed by atoms with Gasteiger partial charge in [0.1, 0.15) is 11.6 Å². The Balaban J connectivity index is 1.58. The number of nitrogens with one attached hydrogen (secondary N) is 1. The molecule has 3 aromatic rings. The quantitative estimate of drug-likeness (QED) is 0.481. The Bertz CT molecular complexity index is 1320. The van der Waals surface area contributed by atoms with Crippen LogP contribution in [0.25, 0.3) is 11.3 Å². The van der Waals surface area contributed by atoms with Crippen LogP contribution in [0.15, 0.2) is 77.7 Å². The lowest BCUT2D eigenvalue weighted by Gasteiger charge is -2.25. The van der Waals surface area contributed by atoms with Crippen LogP contribution in [0.3, 0.4) is 0 Å². The molecule has 0 bridgehead atoms. The number of methoxy groups -OCH3 is 1. The number of hydrogen-bond donors (Lipinski definition) is 1. The van der Waals surface area contributed by atoms with Crippen molar-refractivity contribution in [2.24, 2.45) is 16.8 Å². The monoisotopic (exact) mass is 460 g/mol. The zero-order chi connectivity index (χ0) is 22.9. The third-order valence-electron chi connectivity index (χ3n) is 5.91. The van der Waals surface area contributed by atoms with E-state index in [1.165, 1.54) is 6.08 Å². The van der Waals surface area contributed by atoms with Crippen molar-refractivity contribution in [3.8, 4) is 17.0 Å². The number of hydrogen-bond acceptors (Lipinski definition) is 5. The first-order valence-corrected chi connectivity index (χ1v) is 11.1. The van der Waals surface area contributed by atoms with Crippen molar-refractivity contribution in [3.63, 3.8) is 0 Å². The van der Waals surface area contributed by atoms with Gasteiger partial charge in [0.15, 0.2) is 0 Å². The topological polar surface area (TPSA) is 59.4 Å². The molecule has 2 unspecified atom stereocenters. The average molecular weight is 461 g/mol. The number of rotatable bonds is 4. The number of nitrogens with zero attached hydrogens (tertiary/aromatic N) is 3. The van der Waals surface area contributed by atoms with Crippen LogP contribution in [0, 0.1) is 11.8 Å². The fraction of sp³-hybridized carbons (Fsp3) is 0.192. The number of fused-ring (bicyclic) bond motifs is 3. The molecule has 2 aliphatic rings. The molecule has 7 heteroatoms. The first-order valence-electron chi connectivity index (χ1n) is 10.7. The molecule has 0 amide bonds. The summed E-state index contributed by atoms with van der Waals surface area (Å²) in [6, 6.07) is 13.1. The van der Waals surface area contributed by atoms with Gasteiger partial charge in [0.05, 0.1) is 31.0 Å². The van der Waals surface area contributed by atoms with Gasteiger partial charge in [-0.3, -0.25) is 4.99 Å². The van der Waals surface area contributed by atoms with Crippen LogP contribution in [0.1, 0.15) is 18.1 Å². The molecule has 0 saturated carbocycles. The van der Waals surface area contributed by atoms with E-state index in [1.807, 2.05) is 55.5 Å². The van der Waals surface area contributed by atoms with Gasteiger partial charge in [-0.2, -0.15) is 0 Å². The Morgan fingerprint density at radius 2 is 2.03 bits per heavy atom. The minimum absolute atomic E-state index is 0.0295. The van der Waals surface area contributed by atoms with E-state index in [0.717, 1.165) is 33.8 Å². The summed E-state index contributed by atoms with van der Waals surface area (Å²) in [6.45, 7) is 2.35. The van der Waals surface area contributed by atoms with E-state index in [2.05, 4.69) is 10.3 Å². The number of aliphatic imine (C=N–C) groups is 1. The number of ether oxygens (including phenoxy) is 1. The van der Waals surface area contributed by atoms with E-state index in [9.17, 15) is 4.39 Å². The van der Waals surface area contributed by atoms with Crippen LogP contribution >= 0.6 is 11.6 Å². The van der Waals surface area contributed by atoms with Crippen molar-refractivity contribution in [3.05, 3.63) is 88.9 Å². The van der Waals surface area contributed by atoms with Crippen molar-refractivity contribution in [2.75, 3.05) is 12.4 Å². The number of aromatic nitrogens is 2. The highest BCUT2D eigenvalue weighted by molar-refractivity contribution is 6.31. The van der Waals surface area contributed by atoms with E-state index < -0.39 is 5.92 Å². The summed E-state index contributed by atoms with van der Waals surface area (Å²) in [7, 11) is 1.62. The van der Waals surface area contributed by atoms with Crippen LogP contribution in [0.2, 0.25) is 5.02 Å². The molecule has 0 fully saturated rings. The normalized spacial score (nSPS) is 19.0. The zero-order valence-corrected chi connectivity index (χ0v) is 19.0. The lowest BCUT2D eigenvalue weighted by Crippen LogP contribution is -2.24. The van der Waals surface area contributed by atoms with Gasteiger partial charge < -0.3 is 10.1 Å². The summed E-state index contributed by atoms with van der Waals surface area (Å²) in [5.41, 5.74) is 4.77. The summed E-state index contributed by atoms with van der Waals surface area (Å²) in [4.78, 5) is 14.1. The van der Waals surface area contributed by atoms with Gasteiger partial charge in [0.25, 0.3) is 0 Å². The fourth-order valence-corrected chi connectivity index (χ4v) is 4.44. The zero-order valence-electron chi connectivity index (χ0n) is 18.2. The Hall–Kier alpha value is -3.51. The van der Waals surface area contributed by atoms with Gasteiger partial charge in [-0.1, -0.05) is 42.8 Å². The summed E-state index contributed by atoms with van der Waals surface area (Å²) in [6.07, 6.45) is 7.02. The highest BCUT2D eigenvalue weighted by Gasteiger charge is 2.32. The van der Waals surface area contributed by atoms with Gasteiger partial charge in [0.2, 0.25) is 5.95 Å². The van der Waals surface area contributed by atoms with Gasteiger partial charge in [0, 0.05) is 39.7 Å². The molecule has 0 radical (unpaired) electrons. The number of anilines is 2. The Labute approximate surface area is 196 Å². The fourth-order valence-electron chi connectivity index (χ4n) is 4.27. The molecule has 5 nitrogen and oxygen atoms in total. The highest BCUT2D eigenvalue weighted by Crippen LogP contribution is 2.38. The summed E-state index contributed by atoms with van der Waals surface area (Å²) in [5, 5.41) is 3.80. The largest absolute Gasteiger partial charge is 0.497 e. The van der Waals surface area contributed by atoms with Crippen LogP contribution in [-0.4, -0.2) is 22.8 Å². The second-order valence-corrected chi connectivity index (χ2v) is 8.53. The lowest BCUT2D eigenvalue weighted by molar-refractivity contribution is 0.415. The molecular weight excluding hydrogens is 439 g/mol. The summed E-state index contributed by atoms with van der Waals surface area (Å²) in [5.74, 6) is 0.485. The minimum atomic E-state index is -0.469. The predicted molar refractivity (Wildman–Crippen MR) is 130 cm³/mol. The van der Waals surface area contributed by atoms with Gasteiger partial charge in [-0.25, -0.2) is 14.4 Å². The van der Waals surface area contributed by atoms with Gasteiger partial charge in [-0.15, -0.1) is 0 Å². The third-order valence-corrected chi connectivity index (χ3v) is 6.15. The molecule has 2 aromatic carbocycles. The minimum Gasteiger partial charge on any atom is -0.497 e. The Morgan fingerprint density at radius 3 is 2.85 bits per heavy atom. The maximum Gasteiger partial charge on any atom is 0.227 e. The maximum absolute atomic E-state index is 15.0. The molecule has 2 heterocycles. The predicted octanol–water partition coefficient (Wildman–Crippen LogP) is 6.53. The van der Waals surface area contributed by atoms with Gasteiger partial charge >= 0.3 is 0 Å². The third kappa shape index (κ3) is 4.14. The first kappa shape index (κ1) is 21.3. The van der Waals surface area contributed by atoms with E-state index in [4.69, 9.17) is 26.3 Å². The van der Waals surface area contributed by atoms with Crippen LogP contribution in [0.5, 0.6) is 5.75 Å². The highest BCUT2D eigenvalue weighted by atomic mass is 35.5. The molecule has 5 rings (SSSR count). The summed E-state index contributed by atoms with van der Waals surface area (Å²) < 4.78 is 20.3. The molecule has 2 atom stereocenters. The van der Waals surface area contributed by atoms with E-state index in [0.29, 0.717) is 23.2 Å². The SMILES string of the molecule is COc1cccc(Nc2ncc3c(n2)-c2ccc(Cl)cc2C(C2C(F)=CC=CC2C)=NC3)c1.